The second-order valence-electron chi connectivity index (χ2n) is 7.35. The largest absolute Gasteiger partial charge is 0.456 e. The van der Waals surface area contributed by atoms with Crippen molar-refractivity contribution < 1.29 is 38.1 Å². The van der Waals surface area contributed by atoms with Gasteiger partial charge in [0.2, 0.25) is 5.91 Å². The van der Waals surface area contributed by atoms with Crippen molar-refractivity contribution in [2.45, 2.75) is 52.2 Å². The summed E-state index contributed by atoms with van der Waals surface area (Å²) < 4.78 is 23.1. The number of ether oxygens (including phenoxy) is 4. The molecule has 2 heterocycles. The van der Waals surface area contributed by atoms with E-state index in [1.54, 1.807) is 0 Å². The zero-order valence-corrected chi connectivity index (χ0v) is 19.0. The summed E-state index contributed by atoms with van der Waals surface area (Å²) in [6.45, 7) is 3.99. The van der Waals surface area contributed by atoms with Crippen LogP contribution >= 0.6 is 0 Å². The number of hydrogen-bond acceptors (Lipinski definition) is 11. The molecule has 33 heavy (non-hydrogen) atoms. The first-order valence-electron chi connectivity index (χ1n) is 9.76. The molecule has 14 heteroatoms. The van der Waals surface area contributed by atoms with Crippen molar-refractivity contribution in [2.24, 2.45) is 14.1 Å². The SMILES string of the molecule is CC(=O)O[C@@H]1[C@H](OC(C)=O)[C@H](OC(C)=O)CO[C@H]1N(C(C)=O)c1c(N)n(C)c(=O)n(C)c1=O. The Labute approximate surface area is 187 Å². The molecule has 0 radical (unpaired) electrons. The summed E-state index contributed by atoms with van der Waals surface area (Å²) in [7, 11) is 2.48. The number of anilines is 2. The molecule has 0 bridgehead atoms. The van der Waals surface area contributed by atoms with Crippen molar-refractivity contribution in [1.29, 1.82) is 0 Å². The first kappa shape index (κ1) is 25.6. The number of nitrogens with two attached hydrogens (primary N) is 1. The standard InChI is InChI=1S/C19H26N4O10/c1-8(24)23(13-16(20)21(5)19(29)22(6)17(13)28)18-15(33-11(4)27)14(32-10(3)26)12(7-30-18)31-9(2)25/h12,14-15,18H,7,20H2,1-6H3/t12-,14-,15-,18-/m1/s1. The first-order chi connectivity index (χ1) is 15.3. The average Bonchev–Trinajstić information content (AvgIpc) is 2.70. The molecule has 1 aromatic rings. The van der Waals surface area contributed by atoms with Crippen molar-refractivity contribution in [3.8, 4) is 0 Å². The Bertz CT molecular complexity index is 1090. The minimum atomic E-state index is -1.52. The number of esters is 3. The molecular formula is C19H26N4O10. The molecule has 1 fully saturated rings. The Morgan fingerprint density at radius 3 is 1.91 bits per heavy atom. The molecule has 2 N–H and O–H groups in total. The van der Waals surface area contributed by atoms with E-state index in [0.717, 1.165) is 41.7 Å². The fourth-order valence-corrected chi connectivity index (χ4v) is 3.48. The van der Waals surface area contributed by atoms with Gasteiger partial charge in [-0.1, -0.05) is 0 Å². The van der Waals surface area contributed by atoms with Crippen molar-refractivity contribution >= 4 is 35.3 Å². The third kappa shape index (κ3) is 5.22. The first-order valence-corrected chi connectivity index (χ1v) is 9.76. The lowest BCUT2D eigenvalue weighted by molar-refractivity contribution is -0.225. The van der Waals surface area contributed by atoms with Gasteiger partial charge in [0, 0.05) is 41.8 Å². The molecule has 1 amide bonds. The third-order valence-electron chi connectivity index (χ3n) is 4.84. The van der Waals surface area contributed by atoms with E-state index in [-0.39, 0.29) is 12.4 Å². The quantitative estimate of drug-likeness (QED) is 0.378. The zero-order valence-electron chi connectivity index (χ0n) is 19.0. The van der Waals surface area contributed by atoms with Crippen LogP contribution in [-0.2, 0) is 52.2 Å². The molecule has 4 atom stereocenters. The van der Waals surface area contributed by atoms with E-state index in [1.807, 2.05) is 0 Å². The summed E-state index contributed by atoms with van der Waals surface area (Å²) >= 11 is 0. The van der Waals surface area contributed by atoms with E-state index in [9.17, 15) is 28.8 Å². The summed E-state index contributed by atoms with van der Waals surface area (Å²) in [6.07, 6.45) is -5.60. The summed E-state index contributed by atoms with van der Waals surface area (Å²) in [4.78, 5) is 73.8. The Morgan fingerprint density at radius 2 is 1.42 bits per heavy atom. The third-order valence-corrected chi connectivity index (χ3v) is 4.84. The van der Waals surface area contributed by atoms with Gasteiger partial charge in [-0.15, -0.1) is 0 Å². The van der Waals surface area contributed by atoms with Crippen LogP contribution in [0, 0.1) is 0 Å². The highest BCUT2D eigenvalue weighted by molar-refractivity contribution is 5.94. The highest BCUT2D eigenvalue weighted by atomic mass is 16.6. The second-order valence-corrected chi connectivity index (χ2v) is 7.35. The normalized spacial score (nSPS) is 22.2. The molecule has 0 spiro atoms. The molecular weight excluding hydrogens is 444 g/mol. The predicted molar refractivity (Wildman–Crippen MR) is 111 cm³/mol. The highest BCUT2D eigenvalue weighted by Gasteiger charge is 2.50. The predicted octanol–water partition coefficient (Wildman–Crippen LogP) is -1.83. The minimum Gasteiger partial charge on any atom is -0.456 e. The number of amides is 1. The maximum atomic E-state index is 12.9. The summed E-state index contributed by atoms with van der Waals surface area (Å²) in [5.74, 6) is -3.46. The molecule has 2 rings (SSSR count). The zero-order chi connectivity index (χ0) is 25.2. The van der Waals surface area contributed by atoms with E-state index >= 15 is 0 Å². The maximum absolute atomic E-state index is 12.9. The molecule has 14 nitrogen and oxygen atoms in total. The molecule has 0 aromatic carbocycles. The van der Waals surface area contributed by atoms with Crippen LogP contribution in [0.25, 0.3) is 0 Å². The lowest BCUT2D eigenvalue weighted by Gasteiger charge is -2.44. The van der Waals surface area contributed by atoms with Crippen LogP contribution in [0.2, 0.25) is 0 Å². The number of nitrogens with zero attached hydrogens (tertiary/aromatic N) is 3. The van der Waals surface area contributed by atoms with Gasteiger partial charge < -0.3 is 24.7 Å². The van der Waals surface area contributed by atoms with E-state index < -0.39 is 65.3 Å². The number of carbonyl (C=O) groups is 4. The van der Waals surface area contributed by atoms with Crippen molar-refractivity contribution in [3.05, 3.63) is 20.8 Å². The molecule has 0 saturated carbocycles. The Kier molecular flexibility index (Phi) is 7.64. The summed E-state index contributed by atoms with van der Waals surface area (Å²) in [5, 5.41) is 0. The smallest absolute Gasteiger partial charge is 0.332 e. The number of rotatable bonds is 5. The van der Waals surface area contributed by atoms with Gasteiger partial charge in [0.15, 0.2) is 30.2 Å². The second kappa shape index (κ2) is 9.85. The van der Waals surface area contributed by atoms with Crippen LogP contribution in [0.5, 0.6) is 0 Å². The monoisotopic (exact) mass is 470 g/mol. The van der Waals surface area contributed by atoms with Crippen LogP contribution in [-0.4, -0.2) is 64.1 Å². The van der Waals surface area contributed by atoms with Crippen LogP contribution < -0.4 is 21.9 Å². The Hall–Kier alpha value is -3.68. The maximum Gasteiger partial charge on any atom is 0.332 e. The summed E-state index contributed by atoms with van der Waals surface area (Å²) in [6, 6.07) is 0. The average molecular weight is 470 g/mol. The molecule has 0 unspecified atom stereocenters. The van der Waals surface area contributed by atoms with Crippen molar-refractivity contribution in [2.75, 3.05) is 17.2 Å². The fourth-order valence-electron chi connectivity index (χ4n) is 3.48. The Morgan fingerprint density at radius 1 is 0.909 bits per heavy atom. The van der Waals surface area contributed by atoms with Gasteiger partial charge in [-0.05, 0) is 0 Å². The van der Waals surface area contributed by atoms with Crippen LogP contribution in [0.1, 0.15) is 27.7 Å². The van der Waals surface area contributed by atoms with Gasteiger partial charge in [-0.2, -0.15) is 0 Å². The van der Waals surface area contributed by atoms with Gasteiger partial charge in [0.05, 0.1) is 6.61 Å². The molecule has 1 aliphatic rings. The van der Waals surface area contributed by atoms with Gasteiger partial charge in [-0.3, -0.25) is 38.0 Å². The molecule has 1 aliphatic heterocycles. The van der Waals surface area contributed by atoms with E-state index in [0.29, 0.717) is 0 Å². The van der Waals surface area contributed by atoms with Crippen molar-refractivity contribution in [1.82, 2.24) is 9.13 Å². The van der Waals surface area contributed by atoms with Gasteiger partial charge in [0.1, 0.15) is 5.82 Å². The lowest BCUT2D eigenvalue weighted by atomic mass is 10.0. The lowest BCUT2D eigenvalue weighted by Crippen LogP contribution is -2.64. The van der Waals surface area contributed by atoms with E-state index in [4.69, 9.17) is 24.7 Å². The number of nitrogen functional groups attached to an aromatic ring is 1. The molecule has 0 aliphatic carbocycles. The van der Waals surface area contributed by atoms with E-state index in [1.165, 1.54) is 14.1 Å². The topological polar surface area (TPSA) is 178 Å². The molecule has 1 saturated heterocycles. The fraction of sp³-hybridized carbons (Fsp3) is 0.579. The van der Waals surface area contributed by atoms with Gasteiger partial charge in [-0.25, -0.2) is 4.79 Å². The molecule has 1 aromatic heterocycles. The molecule has 182 valence electrons. The van der Waals surface area contributed by atoms with Gasteiger partial charge >= 0.3 is 23.6 Å². The summed E-state index contributed by atoms with van der Waals surface area (Å²) in [5.41, 5.74) is 3.92. The van der Waals surface area contributed by atoms with Crippen LogP contribution in [0.3, 0.4) is 0 Å². The van der Waals surface area contributed by atoms with Crippen molar-refractivity contribution in [3.63, 3.8) is 0 Å². The van der Waals surface area contributed by atoms with Gasteiger partial charge in [0.25, 0.3) is 5.56 Å². The number of hydrogen-bond donors (Lipinski definition) is 1. The van der Waals surface area contributed by atoms with E-state index in [2.05, 4.69) is 0 Å². The Balaban J connectivity index is 2.72. The minimum absolute atomic E-state index is 0.352. The van der Waals surface area contributed by atoms with Crippen LogP contribution in [0.4, 0.5) is 11.5 Å². The number of carbonyl (C=O) groups excluding carboxylic acids is 4. The highest BCUT2D eigenvalue weighted by Crippen LogP contribution is 2.30. The van der Waals surface area contributed by atoms with Crippen LogP contribution in [0.15, 0.2) is 9.59 Å². The number of aromatic nitrogens is 2.